The Hall–Kier alpha value is -3.80. The Morgan fingerprint density at radius 2 is 1.82 bits per heavy atom. The zero-order valence-electron chi connectivity index (χ0n) is 17.5. The molecule has 1 aliphatic rings. The normalized spacial score (nSPS) is 15.7. The highest BCUT2D eigenvalue weighted by Gasteiger charge is 2.38. The molecule has 1 N–H and O–H groups in total. The third kappa shape index (κ3) is 5.22. The second-order valence-electron chi connectivity index (χ2n) is 7.44. The second-order valence-corrected chi connectivity index (χ2v) is 8.39. The first kappa shape index (κ1) is 23.4. The van der Waals surface area contributed by atoms with Crippen molar-refractivity contribution >= 4 is 28.9 Å². The van der Waals surface area contributed by atoms with Crippen LogP contribution < -0.4 is 0 Å². The number of alkyl halides is 3. The summed E-state index contributed by atoms with van der Waals surface area (Å²) in [6.07, 6.45) is 1.37. The van der Waals surface area contributed by atoms with Crippen LogP contribution >= 0.6 is 11.3 Å². The summed E-state index contributed by atoms with van der Waals surface area (Å²) >= 11 is 1.49. The number of pyridine rings is 2. The van der Waals surface area contributed by atoms with Crippen LogP contribution in [0.15, 0.2) is 60.4 Å². The number of hydrogen-bond donors (Lipinski definition) is 1. The van der Waals surface area contributed by atoms with Crippen molar-refractivity contribution < 1.29 is 27.9 Å². The van der Waals surface area contributed by atoms with E-state index in [0.717, 1.165) is 40.4 Å². The van der Waals surface area contributed by atoms with Gasteiger partial charge < -0.3 is 10.0 Å². The molecule has 5 heterocycles. The number of nitrogens with zero attached hydrogens (tertiary/aromatic N) is 5. The predicted octanol–water partition coefficient (Wildman–Crippen LogP) is 4.12. The molecular weight excluding hydrogens is 471 g/mol. The molecule has 1 unspecified atom stereocenters. The van der Waals surface area contributed by atoms with Crippen molar-refractivity contribution in [3.63, 3.8) is 0 Å². The SMILES string of the molecule is O=C(O)C(F)(F)F.O=C(c1cccs1)N1CCC(c2nc3ccc(-c4ccncc4)cn3n2)C1. The molecule has 1 saturated heterocycles. The third-order valence-electron chi connectivity index (χ3n) is 5.18. The van der Waals surface area contributed by atoms with Gasteiger partial charge in [-0.05, 0) is 47.7 Å². The van der Waals surface area contributed by atoms with Gasteiger partial charge in [-0.25, -0.2) is 14.3 Å². The molecule has 4 aromatic heterocycles. The Morgan fingerprint density at radius 1 is 1.09 bits per heavy atom. The fourth-order valence-corrected chi connectivity index (χ4v) is 4.19. The standard InChI is InChI=1S/C20H17N5OS.C2HF3O2/c26-20(17-2-1-11-27-17)24-10-7-16(12-24)19-22-18-4-3-15(13-25(18)23-19)14-5-8-21-9-6-14;3-2(4,5)1(6)7/h1-6,8-9,11,13,16H,7,10,12H2;(H,6,7). The zero-order chi connectivity index (χ0) is 24.3. The number of carboxylic acids is 1. The van der Waals surface area contributed by atoms with Crippen molar-refractivity contribution in [2.45, 2.75) is 18.5 Å². The van der Waals surface area contributed by atoms with E-state index in [-0.39, 0.29) is 11.8 Å². The van der Waals surface area contributed by atoms with E-state index < -0.39 is 12.1 Å². The summed E-state index contributed by atoms with van der Waals surface area (Å²) in [5.74, 6) is -1.66. The molecule has 1 amide bonds. The first-order valence-corrected chi connectivity index (χ1v) is 11.0. The van der Waals surface area contributed by atoms with Crippen molar-refractivity contribution in [1.82, 2.24) is 24.5 Å². The summed E-state index contributed by atoms with van der Waals surface area (Å²) in [6, 6.07) is 11.8. The summed E-state index contributed by atoms with van der Waals surface area (Å²) in [7, 11) is 0. The monoisotopic (exact) mass is 489 g/mol. The lowest BCUT2D eigenvalue weighted by Crippen LogP contribution is -2.27. The first-order chi connectivity index (χ1) is 16.2. The molecule has 176 valence electrons. The molecule has 0 bridgehead atoms. The van der Waals surface area contributed by atoms with Crippen LogP contribution in [0, 0.1) is 0 Å². The minimum atomic E-state index is -5.08. The highest BCUT2D eigenvalue weighted by atomic mass is 32.1. The van der Waals surface area contributed by atoms with E-state index in [1.165, 1.54) is 11.3 Å². The Labute approximate surface area is 195 Å². The van der Waals surface area contributed by atoms with Gasteiger partial charge in [0.1, 0.15) is 0 Å². The zero-order valence-corrected chi connectivity index (χ0v) is 18.3. The molecule has 0 saturated carbocycles. The topological polar surface area (TPSA) is 101 Å². The summed E-state index contributed by atoms with van der Waals surface area (Å²) in [6.45, 7) is 1.42. The predicted molar refractivity (Wildman–Crippen MR) is 117 cm³/mol. The number of halogens is 3. The molecule has 0 radical (unpaired) electrons. The number of fused-ring (bicyclic) bond motifs is 1. The molecule has 1 aliphatic heterocycles. The number of aromatic nitrogens is 4. The van der Waals surface area contributed by atoms with E-state index >= 15 is 0 Å². The molecular formula is C22H18F3N5O3S. The van der Waals surface area contributed by atoms with Gasteiger partial charge in [-0.2, -0.15) is 18.3 Å². The van der Waals surface area contributed by atoms with Crippen molar-refractivity contribution in [1.29, 1.82) is 0 Å². The minimum Gasteiger partial charge on any atom is -0.475 e. The van der Waals surface area contributed by atoms with Gasteiger partial charge in [0, 0.05) is 43.2 Å². The van der Waals surface area contributed by atoms with Crippen LogP contribution in [0.25, 0.3) is 16.8 Å². The van der Waals surface area contributed by atoms with Crippen LogP contribution in [-0.2, 0) is 4.79 Å². The largest absolute Gasteiger partial charge is 0.490 e. The summed E-state index contributed by atoms with van der Waals surface area (Å²) in [5.41, 5.74) is 2.99. The molecule has 0 aliphatic carbocycles. The van der Waals surface area contributed by atoms with Crippen LogP contribution in [0.3, 0.4) is 0 Å². The number of likely N-dealkylation sites (tertiary alicyclic amines) is 1. The minimum absolute atomic E-state index is 0.108. The lowest BCUT2D eigenvalue weighted by Gasteiger charge is -2.14. The number of thiophene rings is 1. The summed E-state index contributed by atoms with van der Waals surface area (Å²) in [4.78, 5) is 32.9. The van der Waals surface area contributed by atoms with E-state index in [1.807, 2.05) is 57.4 Å². The molecule has 12 heteroatoms. The van der Waals surface area contributed by atoms with Crippen LogP contribution in [0.4, 0.5) is 13.2 Å². The van der Waals surface area contributed by atoms with Crippen LogP contribution in [0.2, 0.25) is 0 Å². The van der Waals surface area contributed by atoms with E-state index in [0.29, 0.717) is 6.54 Å². The molecule has 34 heavy (non-hydrogen) atoms. The average Bonchev–Trinajstić information content (AvgIpc) is 3.59. The van der Waals surface area contributed by atoms with Gasteiger partial charge in [0.15, 0.2) is 11.5 Å². The maximum atomic E-state index is 12.5. The fraction of sp³-hybridized carbons (Fsp3) is 0.227. The summed E-state index contributed by atoms with van der Waals surface area (Å²) in [5, 5.41) is 13.8. The smallest absolute Gasteiger partial charge is 0.475 e. The number of carboxylic acid groups (broad SMARTS) is 1. The van der Waals surface area contributed by atoms with Crippen molar-refractivity contribution in [3.8, 4) is 11.1 Å². The number of hydrogen-bond acceptors (Lipinski definition) is 6. The van der Waals surface area contributed by atoms with Gasteiger partial charge in [0.05, 0.1) is 4.88 Å². The van der Waals surface area contributed by atoms with E-state index in [4.69, 9.17) is 20.0 Å². The second kappa shape index (κ2) is 9.59. The number of aliphatic carboxylic acids is 1. The van der Waals surface area contributed by atoms with E-state index in [1.54, 1.807) is 12.4 Å². The van der Waals surface area contributed by atoms with Crippen LogP contribution in [-0.4, -0.2) is 60.7 Å². The van der Waals surface area contributed by atoms with Gasteiger partial charge in [-0.15, -0.1) is 11.3 Å². The molecule has 4 aromatic rings. The van der Waals surface area contributed by atoms with Gasteiger partial charge >= 0.3 is 12.1 Å². The average molecular weight is 489 g/mol. The Kier molecular flexibility index (Phi) is 6.59. The van der Waals surface area contributed by atoms with Crippen LogP contribution in [0.5, 0.6) is 0 Å². The lowest BCUT2D eigenvalue weighted by atomic mass is 10.1. The van der Waals surface area contributed by atoms with Crippen molar-refractivity contribution in [2.24, 2.45) is 0 Å². The molecule has 0 aromatic carbocycles. The third-order valence-corrected chi connectivity index (χ3v) is 6.03. The van der Waals surface area contributed by atoms with Crippen LogP contribution in [0.1, 0.15) is 27.8 Å². The Balaban J connectivity index is 0.000000344. The van der Waals surface area contributed by atoms with E-state index in [2.05, 4.69) is 4.98 Å². The molecule has 1 fully saturated rings. The van der Waals surface area contributed by atoms with Crippen molar-refractivity contribution in [2.75, 3.05) is 13.1 Å². The number of carbonyl (C=O) groups excluding carboxylic acids is 1. The molecule has 5 rings (SSSR count). The van der Waals surface area contributed by atoms with E-state index in [9.17, 15) is 18.0 Å². The van der Waals surface area contributed by atoms with Gasteiger partial charge in [-0.1, -0.05) is 6.07 Å². The Morgan fingerprint density at radius 3 is 2.47 bits per heavy atom. The fourth-order valence-electron chi connectivity index (χ4n) is 3.50. The number of rotatable bonds is 3. The van der Waals surface area contributed by atoms with Gasteiger partial charge in [-0.3, -0.25) is 9.78 Å². The maximum absolute atomic E-state index is 12.5. The Bertz CT molecular complexity index is 1290. The molecule has 1 atom stereocenters. The molecule has 0 spiro atoms. The van der Waals surface area contributed by atoms with Crippen molar-refractivity contribution in [3.05, 3.63) is 71.1 Å². The summed E-state index contributed by atoms with van der Waals surface area (Å²) < 4.78 is 33.6. The highest BCUT2D eigenvalue weighted by molar-refractivity contribution is 7.12. The number of carbonyl (C=O) groups is 2. The maximum Gasteiger partial charge on any atom is 0.490 e. The first-order valence-electron chi connectivity index (χ1n) is 10.1. The highest BCUT2D eigenvalue weighted by Crippen LogP contribution is 2.28. The van der Waals surface area contributed by atoms with Gasteiger partial charge in [0.2, 0.25) is 0 Å². The lowest BCUT2D eigenvalue weighted by molar-refractivity contribution is -0.192. The quantitative estimate of drug-likeness (QED) is 0.465. The van der Waals surface area contributed by atoms with Gasteiger partial charge in [0.25, 0.3) is 5.91 Å². The molecule has 8 nitrogen and oxygen atoms in total. The number of amides is 1.